The maximum absolute atomic E-state index is 12.5. The molecule has 1 amide bonds. The number of fused-ring (bicyclic) bond motifs is 3. The van der Waals surface area contributed by atoms with Crippen LogP contribution in [0.2, 0.25) is 0 Å². The molecule has 7 nitrogen and oxygen atoms in total. The van der Waals surface area contributed by atoms with Crippen LogP contribution in [0.5, 0.6) is 11.5 Å². The van der Waals surface area contributed by atoms with Gasteiger partial charge in [-0.15, -0.1) is 0 Å². The van der Waals surface area contributed by atoms with Gasteiger partial charge in [-0.25, -0.2) is 9.97 Å². The lowest BCUT2D eigenvalue weighted by Gasteiger charge is -2.34. The molecular weight excluding hydrogens is 464 g/mol. The van der Waals surface area contributed by atoms with Gasteiger partial charge in [0.15, 0.2) is 11.5 Å². The predicted molar refractivity (Wildman–Crippen MR) is 143 cm³/mol. The van der Waals surface area contributed by atoms with Gasteiger partial charge in [0.05, 0.1) is 12.6 Å². The van der Waals surface area contributed by atoms with Gasteiger partial charge < -0.3 is 19.7 Å². The topological polar surface area (TPSA) is 76.6 Å². The molecule has 1 spiro atoms. The Labute approximate surface area is 215 Å². The van der Waals surface area contributed by atoms with Crippen LogP contribution < -0.4 is 14.8 Å². The van der Waals surface area contributed by atoms with E-state index in [1.54, 1.807) is 13.4 Å². The fraction of sp³-hybridized carbons (Fsp3) is 0.300. The number of amides is 1. The lowest BCUT2D eigenvalue weighted by atomic mass is 9.83. The molecule has 2 heterocycles. The Morgan fingerprint density at radius 1 is 1.08 bits per heavy atom. The highest BCUT2D eigenvalue weighted by Crippen LogP contribution is 2.65. The van der Waals surface area contributed by atoms with E-state index in [0.717, 1.165) is 53.0 Å². The standard InChI is InChI=1S/C30H28N4O3/c1-3-28(35)34-19-11-20(15-30(14-19)16-27(30)34)37-26-12-22-24(13-25(26)36-2)31-17-32-29(22)33-23-10-6-8-18-7-4-5-9-21(18)23/h3-10,12-13,17,19-20,27H,1,11,14-16H2,2H3,(H,31,32,33). The van der Waals surface area contributed by atoms with Gasteiger partial charge in [-0.1, -0.05) is 43.0 Å². The summed E-state index contributed by atoms with van der Waals surface area (Å²) in [5, 5.41) is 6.66. The summed E-state index contributed by atoms with van der Waals surface area (Å²) >= 11 is 0. The number of carbonyl (C=O) groups is 1. The van der Waals surface area contributed by atoms with Crippen LogP contribution in [0.3, 0.4) is 0 Å². The summed E-state index contributed by atoms with van der Waals surface area (Å²) in [7, 11) is 1.65. The monoisotopic (exact) mass is 492 g/mol. The molecule has 2 bridgehead atoms. The highest BCUT2D eigenvalue weighted by Gasteiger charge is 2.68. The Morgan fingerprint density at radius 3 is 2.81 bits per heavy atom. The van der Waals surface area contributed by atoms with Crippen LogP contribution in [-0.2, 0) is 4.79 Å². The number of aromatic nitrogens is 2. The quantitative estimate of drug-likeness (QED) is 0.352. The summed E-state index contributed by atoms with van der Waals surface area (Å²) in [6.45, 7) is 3.71. The number of hydrogen-bond donors (Lipinski definition) is 1. The minimum absolute atomic E-state index is 0.0109. The summed E-state index contributed by atoms with van der Waals surface area (Å²) in [5.74, 6) is 2.07. The highest BCUT2D eigenvalue weighted by molar-refractivity contribution is 5.99. The molecule has 1 aliphatic heterocycles. The SMILES string of the molecule is C=CC(=O)N1C2CC(Oc3cc4c(Nc5cccc6ccccc56)ncnc4cc3OC)CC3(C2)CC13. The summed E-state index contributed by atoms with van der Waals surface area (Å²) < 4.78 is 12.3. The maximum Gasteiger partial charge on any atom is 0.246 e. The lowest BCUT2D eigenvalue weighted by molar-refractivity contribution is -0.128. The molecule has 37 heavy (non-hydrogen) atoms. The summed E-state index contributed by atoms with van der Waals surface area (Å²) in [6.07, 6.45) is 6.90. The molecule has 1 N–H and O–H groups in total. The van der Waals surface area contributed by atoms with E-state index in [1.165, 1.54) is 6.08 Å². The number of benzene rings is 3. The zero-order chi connectivity index (χ0) is 25.1. The minimum atomic E-state index is 0.0109. The van der Waals surface area contributed by atoms with Gasteiger partial charge in [-0.2, -0.15) is 0 Å². The second-order valence-corrected chi connectivity index (χ2v) is 10.5. The van der Waals surface area contributed by atoms with Gasteiger partial charge in [0, 0.05) is 41.0 Å². The Kier molecular flexibility index (Phi) is 4.90. The van der Waals surface area contributed by atoms with Crippen LogP contribution in [0.4, 0.5) is 11.5 Å². The molecule has 3 aliphatic rings. The van der Waals surface area contributed by atoms with E-state index in [-0.39, 0.29) is 23.5 Å². The average Bonchev–Trinajstić information content (AvgIpc) is 3.52. The van der Waals surface area contributed by atoms with Gasteiger partial charge in [0.1, 0.15) is 18.2 Å². The Morgan fingerprint density at radius 2 is 1.95 bits per heavy atom. The van der Waals surface area contributed by atoms with Crippen LogP contribution in [0.15, 0.2) is 73.6 Å². The number of carbonyl (C=O) groups excluding carboxylic acids is 1. The largest absolute Gasteiger partial charge is 0.493 e. The number of rotatable bonds is 6. The molecular formula is C30H28N4O3. The third-order valence-corrected chi connectivity index (χ3v) is 8.37. The third-order valence-electron chi connectivity index (χ3n) is 8.37. The molecule has 2 saturated carbocycles. The van der Waals surface area contributed by atoms with Gasteiger partial charge in [-0.05, 0) is 48.3 Å². The molecule has 7 heteroatoms. The molecule has 3 aromatic carbocycles. The van der Waals surface area contributed by atoms with Crippen molar-refractivity contribution in [2.45, 2.75) is 43.9 Å². The van der Waals surface area contributed by atoms with Crippen molar-refractivity contribution in [2.75, 3.05) is 12.4 Å². The number of anilines is 2. The summed E-state index contributed by atoms with van der Waals surface area (Å²) in [6, 6.07) is 18.9. The number of nitrogens with zero attached hydrogens (tertiary/aromatic N) is 3. The number of likely N-dealkylation sites (tertiary alicyclic amines) is 1. The van der Waals surface area contributed by atoms with E-state index < -0.39 is 0 Å². The first-order valence-electron chi connectivity index (χ1n) is 12.8. The molecule has 7 rings (SSSR count). The fourth-order valence-corrected chi connectivity index (χ4v) is 6.69. The zero-order valence-electron chi connectivity index (χ0n) is 20.7. The number of nitrogens with one attached hydrogen (secondary N) is 1. The van der Waals surface area contributed by atoms with Crippen molar-refractivity contribution in [3.63, 3.8) is 0 Å². The number of methoxy groups -OCH3 is 1. The van der Waals surface area contributed by atoms with Gasteiger partial charge in [0.25, 0.3) is 0 Å². The zero-order valence-corrected chi connectivity index (χ0v) is 20.7. The molecule has 4 atom stereocenters. The van der Waals surface area contributed by atoms with Crippen LogP contribution >= 0.6 is 0 Å². The first-order chi connectivity index (χ1) is 18.1. The van der Waals surface area contributed by atoms with Gasteiger partial charge in [0.2, 0.25) is 5.91 Å². The normalized spacial score (nSPS) is 25.5. The molecule has 1 aromatic heterocycles. The Hall–Kier alpha value is -4.13. The number of hydrogen-bond acceptors (Lipinski definition) is 6. The van der Waals surface area contributed by atoms with Crippen LogP contribution in [-0.4, -0.2) is 46.1 Å². The van der Waals surface area contributed by atoms with Gasteiger partial charge >= 0.3 is 0 Å². The van der Waals surface area contributed by atoms with Crippen molar-refractivity contribution >= 4 is 39.1 Å². The summed E-state index contributed by atoms with van der Waals surface area (Å²) in [5.41, 5.74) is 1.95. The fourth-order valence-electron chi connectivity index (χ4n) is 6.69. The maximum atomic E-state index is 12.5. The minimum Gasteiger partial charge on any atom is -0.493 e. The third kappa shape index (κ3) is 3.52. The van der Waals surface area contributed by atoms with Crippen LogP contribution in [0.25, 0.3) is 21.7 Å². The Bertz CT molecular complexity index is 1560. The van der Waals surface area contributed by atoms with Crippen molar-refractivity contribution in [3.8, 4) is 11.5 Å². The molecule has 0 radical (unpaired) electrons. The van der Waals surface area contributed by atoms with Crippen molar-refractivity contribution in [2.24, 2.45) is 5.41 Å². The van der Waals surface area contributed by atoms with E-state index in [1.807, 2.05) is 35.2 Å². The van der Waals surface area contributed by atoms with Crippen molar-refractivity contribution in [1.29, 1.82) is 0 Å². The van der Waals surface area contributed by atoms with Crippen LogP contribution in [0, 0.1) is 5.41 Å². The molecule has 1 saturated heterocycles. The molecule has 4 unspecified atom stereocenters. The highest BCUT2D eigenvalue weighted by atomic mass is 16.5. The van der Waals surface area contributed by atoms with Crippen LogP contribution in [0.1, 0.15) is 25.7 Å². The molecule has 4 aromatic rings. The predicted octanol–water partition coefficient (Wildman–Crippen LogP) is 5.62. The van der Waals surface area contributed by atoms with E-state index in [9.17, 15) is 4.79 Å². The number of ether oxygens (including phenoxy) is 2. The van der Waals surface area contributed by atoms with E-state index in [2.05, 4.69) is 46.1 Å². The first kappa shape index (κ1) is 22.1. The Balaban J connectivity index is 1.22. The first-order valence-corrected chi connectivity index (χ1v) is 12.8. The average molecular weight is 493 g/mol. The lowest BCUT2D eigenvalue weighted by Crippen LogP contribution is -2.41. The molecule has 2 aliphatic carbocycles. The van der Waals surface area contributed by atoms with Crippen molar-refractivity contribution in [1.82, 2.24) is 14.9 Å². The van der Waals surface area contributed by atoms with E-state index in [0.29, 0.717) is 23.4 Å². The van der Waals surface area contributed by atoms with Gasteiger partial charge in [-0.3, -0.25) is 4.79 Å². The van der Waals surface area contributed by atoms with Crippen molar-refractivity contribution in [3.05, 3.63) is 73.6 Å². The second-order valence-electron chi connectivity index (χ2n) is 10.5. The smallest absolute Gasteiger partial charge is 0.246 e. The van der Waals surface area contributed by atoms with E-state index >= 15 is 0 Å². The molecule has 186 valence electrons. The number of piperidine rings is 1. The second kappa shape index (κ2) is 8.20. The van der Waals surface area contributed by atoms with E-state index in [4.69, 9.17) is 9.47 Å². The summed E-state index contributed by atoms with van der Waals surface area (Å²) in [4.78, 5) is 23.6. The molecule has 3 fully saturated rings. The van der Waals surface area contributed by atoms with Crippen molar-refractivity contribution < 1.29 is 14.3 Å².